The van der Waals surface area contributed by atoms with Gasteiger partial charge in [0.1, 0.15) is 5.82 Å². The normalized spacial score (nSPS) is 10.7. The highest BCUT2D eigenvalue weighted by atomic mass is 14.9. The van der Waals surface area contributed by atoms with Gasteiger partial charge in [-0.05, 0) is 18.2 Å². The van der Waals surface area contributed by atoms with Gasteiger partial charge in [-0.25, -0.2) is 9.97 Å². The number of aromatic amines is 2. The lowest BCUT2D eigenvalue weighted by atomic mass is 10.3. The number of nitrogens with zero attached hydrogens (tertiary/aromatic N) is 1. The number of rotatable bonds is 1. The molecular formula is C12H10N3+. The average Bonchev–Trinajstić information content (AvgIpc) is 2.74. The van der Waals surface area contributed by atoms with Crippen LogP contribution in [0.3, 0.4) is 0 Å². The molecule has 15 heavy (non-hydrogen) atoms. The van der Waals surface area contributed by atoms with E-state index >= 15 is 0 Å². The zero-order valence-electron chi connectivity index (χ0n) is 8.07. The molecule has 3 aromatic rings. The Labute approximate surface area is 86.8 Å². The standard InChI is InChI=1S/C12H9N3/c1-2-6-11-10(5-1)14-12(15-11)9-4-3-7-13-8-9/h1-8H,(H,14,15)/p+1. The van der Waals surface area contributed by atoms with Crippen molar-refractivity contribution in [1.82, 2.24) is 9.97 Å². The van der Waals surface area contributed by atoms with Gasteiger partial charge in [-0.2, -0.15) is 0 Å². The van der Waals surface area contributed by atoms with Crippen LogP contribution in [-0.4, -0.2) is 9.97 Å². The molecule has 0 aliphatic heterocycles. The Morgan fingerprint density at radius 2 is 2.00 bits per heavy atom. The summed E-state index contributed by atoms with van der Waals surface area (Å²) in [7, 11) is 0. The van der Waals surface area contributed by atoms with Crippen molar-refractivity contribution in [1.29, 1.82) is 0 Å². The van der Waals surface area contributed by atoms with Gasteiger partial charge in [-0.15, -0.1) is 0 Å². The maximum Gasteiger partial charge on any atom is 0.178 e. The molecule has 3 rings (SSSR count). The third-order valence-electron chi connectivity index (χ3n) is 2.37. The summed E-state index contributed by atoms with van der Waals surface area (Å²) in [5.74, 6) is 0.896. The molecule has 1 aromatic carbocycles. The van der Waals surface area contributed by atoms with Crippen molar-refractivity contribution in [2.75, 3.05) is 0 Å². The van der Waals surface area contributed by atoms with Gasteiger partial charge in [0, 0.05) is 6.07 Å². The van der Waals surface area contributed by atoms with Gasteiger partial charge in [-0.1, -0.05) is 12.1 Å². The van der Waals surface area contributed by atoms with Crippen LogP contribution in [0.25, 0.3) is 22.4 Å². The predicted octanol–water partition coefficient (Wildman–Crippen LogP) is 2.04. The third-order valence-corrected chi connectivity index (χ3v) is 2.37. The van der Waals surface area contributed by atoms with Crippen molar-refractivity contribution in [3.8, 4) is 11.4 Å². The van der Waals surface area contributed by atoms with Crippen LogP contribution in [0.5, 0.6) is 0 Å². The van der Waals surface area contributed by atoms with Crippen LogP contribution in [0.15, 0.2) is 48.8 Å². The Kier molecular flexibility index (Phi) is 1.75. The van der Waals surface area contributed by atoms with E-state index in [-0.39, 0.29) is 0 Å². The first kappa shape index (κ1) is 8.17. The van der Waals surface area contributed by atoms with E-state index in [0.29, 0.717) is 0 Å². The van der Waals surface area contributed by atoms with E-state index in [4.69, 9.17) is 0 Å². The highest BCUT2D eigenvalue weighted by Crippen LogP contribution is 2.18. The Morgan fingerprint density at radius 3 is 2.80 bits per heavy atom. The number of aromatic nitrogens is 3. The number of benzene rings is 1. The van der Waals surface area contributed by atoms with Crippen LogP contribution in [0.2, 0.25) is 0 Å². The molecule has 0 spiro atoms. The molecule has 0 radical (unpaired) electrons. The number of fused-ring (bicyclic) bond motifs is 1. The zero-order chi connectivity index (χ0) is 10.1. The van der Waals surface area contributed by atoms with Gasteiger partial charge >= 0.3 is 0 Å². The molecule has 0 saturated carbocycles. The van der Waals surface area contributed by atoms with E-state index in [9.17, 15) is 0 Å². The second-order valence-electron chi connectivity index (χ2n) is 3.39. The van der Waals surface area contributed by atoms with Crippen molar-refractivity contribution < 1.29 is 4.98 Å². The highest BCUT2D eigenvalue weighted by molar-refractivity contribution is 5.78. The van der Waals surface area contributed by atoms with E-state index in [1.54, 1.807) is 0 Å². The lowest BCUT2D eigenvalue weighted by molar-refractivity contribution is -0.377. The third kappa shape index (κ3) is 1.38. The molecule has 0 saturated heterocycles. The van der Waals surface area contributed by atoms with Crippen LogP contribution in [0.1, 0.15) is 0 Å². The molecule has 3 nitrogen and oxygen atoms in total. The molecule has 2 N–H and O–H groups in total. The van der Waals surface area contributed by atoms with Crippen LogP contribution in [0.4, 0.5) is 0 Å². The summed E-state index contributed by atoms with van der Waals surface area (Å²) in [6, 6.07) is 12.0. The van der Waals surface area contributed by atoms with Crippen molar-refractivity contribution >= 4 is 11.0 Å². The molecule has 0 fully saturated rings. The van der Waals surface area contributed by atoms with Crippen LogP contribution < -0.4 is 4.98 Å². The van der Waals surface area contributed by atoms with E-state index in [0.717, 1.165) is 22.4 Å². The number of pyridine rings is 1. The number of hydrogen-bond acceptors (Lipinski definition) is 1. The Morgan fingerprint density at radius 1 is 1.07 bits per heavy atom. The molecule has 2 heterocycles. The SMILES string of the molecule is c1c[nH+]cc(-c2nc3ccccc3[nH]2)c1. The quantitative estimate of drug-likeness (QED) is 0.636. The van der Waals surface area contributed by atoms with Crippen molar-refractivity contribution in [3.63, 3.8) is 0 Å². The molecule has 0 unspecified atom stereocenters. The van der Waals surface area contributed by atoms with Crippen molar-refractivity contribution in [2.45, 2.75) is 0 Å². The largest absolute Gasteiger partial charge is 0.338 e. The fourth-order valence-corrected chi connectivity index (χ4v) is 1.63. The number of hydrogen-bond donors (Lipinski definition) is 1. The molecule has 0 aliphatic carbocycles. The van der Waals surface area contributed by atoms with Gasteiger partial charge in [0.25, 0.3) is 0 Å². The Balaban J connectivity index is 2.21. The molecule has 0 aliphatic rings. The average molecular weight is 196 g/mol. The first-order chi connectivity index (χ1) is 7.43. The van der Waals surface area contributed by atoms with E-state index in [1.165, 1.54) is 0 Å². The molecule has 3 heteroatoms. The second-order valence-corrected chi connectivity index (χ2v) is 3.39. The van der Waals surface area contributed by atoms with Gasteiger partial charge in [0.05, 0.1) is 16.6 Å². The van der Waals surface area contributed by atoms with Crippen LogP contribution >= 0.6 is 0 Å². The van der Waals surface area contributed by atoms with Crippen molar-refractivity contribution in [2.24, 2.45) is 0 Å². The first-order valence-electron chi connectivity index (χ1n) is 4.85. The van der Waals surface area contributed by atoms with E-state index in [2.05, 4.69) is 15.0 Å². The van der Waals surface area contributed by atoms with Crippen molar-refractivity contribution in [3.05, 3.63) is 48.8 Å². The summed E-state index contributed by atoms with van der Waals surface area (Å²) < 4.78 is 0. The lowest BCUT2D eigenvalue weighted by Gasteiger charge is -1.88. The summed E-state index contributed by atoms with van der Waals surface area (Å²) in [4.78, 5) is 10.8. The topological polar surface area (TPSA) is 42.8 Å². The molecule has 0 amide bonds. The first-order valence-corrected chi connectivity index (χ1v) is 4.85. The smallest absolute Gasteiger partial charge is 0.178 e. The summed E-state index contributed by atoms with van der Waals surface area (Å²) in [5.41, 5.74) is 3.13. The summed E-state index contributed by atoms with van der Waals surface area (Å²) >= 11 is 0. The number of imidazole rings is 1. The minimum absolute atomic E-state index is 0.896. The number of H-pyrrole nitrogens is 2. The maximum absolute atomic E-state index is 4.51. The van der Waals surface area contributed by atoms with Gasteiger partial charge in [-0.3, -0.25) is 0 Å². The molecule has 72 valence electrons. The maximum atomic E-state index is 4.51. The monoisotopic (exact) mass is 196 g/mol. The van der Waals surface area contributed by atoms with E-state index in [1.807, 2.05) is 48.8 Å². The minimum atomic E-state index is 0.896. The summed E-state index contributed by atoms with van der Waals surface area (Å²) in [6.45, 7) is 0. The summed E-state index contributed by atoms with van der Waals surface area (Å²) in [5, 5.41) is 0. The number of nitrogens with one attached hydrogen (secondary N) is 2. The second kappa shape index (κ2) is 3.20. The lowest BCUT2D eigenvalue weighted by Crippen LogP contribution is -1.98. The fourth-order valence-electron chi connectivity index (χ4n) is 1.63. The van der Waals surface area contributed by atoms with Gasteiger partial charge in [0.15, 0.2) is 12.4 Å². The predicted molar refractivity (Wildman–Crippen MR) is 58.1 cm³/mol. The molecular weight excluding hydrogens is 186 g/mol. The van der Waals surface area contributed by atoms with E-state index < -0.39 is 0 Å². The van der Waals surface area contributed by atoms with Crippen LogP contribution in [0, 0.1) is 0 Å². The highest BCUT2D eigenvalue weighted by Gasteiger charge is 2.05. The minimum Gasteiger partial charge on any atom is -0.338 e. The Bertz CT molecular complexity index is 551. The van der Waals surface area contributed by atoms with Gasteiger partial charge < -0.3 is 4.98 Å². The zero-order valence-corrected chi connectivity index (χ0v) is 8.07. The molecule has 2 aromatic heterocycles. The summed E-state index contributed by atoms with van der Waals surface area (Å²) in [6.07, 6.45) is 3.81. The van der Waals surface area contributed by atoms with Crippen LogP contribution in [-0.2, 0) is 0 Å². The Hall–Kier alpha value is -2.16. The van der Waals surface area contributed by atoms with Gasteiger partial charge in [0.2, 0.25) is 0 Å². The number of para-hydroxylation sites is 2. The molecule has 0 bridgehead atoms. The fraction of sp³-hybridized carbons (Fsp3) is 0. The molecule has 0 atom stereocenters.